The van der Waals surface area contributed by atoms with E-state index in [1.807, 2.05) is 83.8 Å². The fraction of sp³-hybridized carbons (Fsp3) is 0.276. The van der Waals surface area contributed by atoms with Gasteiger partial charge in [0.1, 0.15) is 6.04 Å². The first kappa shape index (κ1) is 26.2. The Morgan fingerprint density at radius 1 is 0.865 bits per heavy atom. The zero-order chi connectivity index (χ0) is 26.2. The normalized spacial score (nSPS) is 15.1. The lowest BCUT2D eigenvalue weighted by Crippen LogP contribution is -2.39. The maximum absolute atomic E-state index is 13.5. The number of anilines is 1. The van der Waals surface area contributed by atoms with Crippen LogP contribution in [0.25, 0.3) is 0 Å². The summed E-state index contributed by atoms with van der Waals surface area (Å²) in [7, 11) is 3.20. The number of nitrogens with one attached hydrogen (secondary N) is 1. The number of carbonyl (C=O) groups is 2. The molecule has 0 aliphatic carbocycles. The quantitative estimate of drug-likeness (QED) is 0.382. The van der Waals surface area contributed by atoms with Crippen LogP contribution < -0.4 is 14.8 Å². The first-order valence-corrected chi connectivity index (χ1v) is 12.6. The fourth-order valence-electron chi connectivity index (χ4n) is 4.43. The van der Waals surface area contributed by atoms with Gasteiger partial charge in [0, 0.05) is 18.8 Å². The van der Waals surface area contributed by atoms with Gasteiger partial charge in [-0.15, -0.1) is 0 Å². The van der Waals surface area contributed by atoms with Crippen molar-refractivity contribution in [1.29, 1.82) is 0 Å². The average molecular weight is 518 g/mol. The van der Waals surface area contributed by atoms with Crippen molar-refractivity contribution in [3.8, 4) is 11.5 Å². The number of methoxy groups -OCH3 is 2. The van der Waals surface area contributed by atoms with Crippen molar-refractivity contribution in [3.63, 3.8) is 0 Å². The monoisotopic (exact) mass is 517 g/mol. The third-order valence-corrected chi connectivity index (χ3v) is 6.85. The predicted octanol–water partition coefficient (Wildman–Crippen LogP) is 4.32. The number of benzene rings is 3. The SMILES string of the molecule is COc1ccc(CCN2C(=S)N(CCc3ccccc3)C(=O)[C@H]2CC(=O)Nc2ccccc2)cc1OC. The van der Waals surface area contributed by atoms with Gasteiger partial charge in [-0.1, -0.05) is 54.6 Å². The molecule has 0 bridgehead atoms. The van der Waals surface area contributed by atoms with Crippen molar-refractivity contribution in [2.45, 2.75) is 25.3 Å². The van der Waals surface area contributed by atoms with Crippen molar-refractivity contribution < 1.29 is 19.1 Å². The number of carbonyl (C=O) groups excluding carboxylic acids is 2. The van der Waals surface area contributed by atoms with Crippen molar-refractivity contribution in [2.24, 2.45) is 0 Å². The Balaban J connectivity index is 1.50. The fourth-order valence-corrected chi connectivity index (χ4v) is 4.83. The highest BCUT2D eigenvalue weighted by Crippen LogP contribution is 2.29. The molecule has 0 aromatic heterocycles. The van der Waals surface area contributed by atoms with Crippen LogP contribution in [0.15, 0.2) is 78.9 Å². The lowest BCUT2D eigenvalue weighted by atomic mass is 10.1. The molecule has 1 atom stereocenters. The molecule has 0 unspecified atom stereocenters. The Kier molecular flexibility index (Phi) is 8.74. The molecular formula is C29H31N3O4S. The lowest BCUT2D eigenvalue weighted by Gasteiger charge is -2.24. The number of hydrogen-bond acceptors (Lipinski definition) is 5. The molecular weight excluding hydrogens is 486 g/mol. The summed E-state index contributed by atoms with van der Waals surface area (Å²) in [6.45, 7) is 0.955. The minimum Gasteiger partial charge on any atom is -0.493 e. The van der Waals surface area contributed by atoms with E-state index in [1.54, 1.807) is 19.1 Å². The molecule has 3 aromatic rings. The Morgan fingerprint density at radius 2 is 1.51 bits per heavy atom. The van der Waals surface area contributed by atoms with E-state index in [9.17, 15) is 9.59 Å². The Bertz CT molecular complexity index is 1240. The topological polar surface area (TPSA) is 71.1 Å². The molecule has 1 saturated heterocycles. The number of para-hydroxylation sites is 1. The van der Waals surface area contributed by atoms with Gasteiger partial charge in [0.2, 0.25) is 5.91 Å². The van der Waals surface area contributed by atoms with Gasteiger partial charge in [-0.3, -0.25) is 14.5 Å². The molecule has 0 saturated carbocycles. The van der Waals surface area contributed by atoms with Crippen molar-refractivity contribution >= 4 is 34.8 Å². The minimum absolute atomic E-state index is 0.0155. The van der Waals surface area contributed by atoms with E-state index in [4.69, 9.17) is 21.7 Å². The summed E-state index contributed by atoms with van der Waals surface area (Å²) in [5.41, 5.74) is 2.83. The van der Waals surface area contributed by atoms with E-state index in [0.717, 1.165) is 11.1 Å². The number of ether oxygens (including phenoxy) is 2. The zero-order valence-electron chi connectivity index (χ0n) is 21.1. The van der Waals surface area contributed by atoms with Gasteiger partial charge in [0.05, 0.1) is 20.6 Å². The highest BCUT2D eigenvalue weighted by molar-refractivity contribution is 7.80. The van der Waals surface area contributed by atoms with E-state index in [0.29, 0.717) is 48.2 Å². The molecule has 7 nitrogen and oxygen atoms in total. The van der Waals surface area contributed by atoms with Crippen molar-refractivity contribution in [3.05, 3.63) is 90.0 Å². The van der Waals surface area contributed by atoms with E-state index < -0.39 is 6.04 Å². The summed E-state index contributed by atoms with van der Waals surface area (Å²) in [5, 5.41) is 3.35. The van der Waals surface area contributed by atoms with Gasteiger partial charge >= 0.3 is 0 Å². The summed E-state index contributed by atoms with van der Waals surface area (Å²) in [5.74, 6) is 0.925. The minimum atomic E-state index is -0.660. The lowest BCUT2D eigenvalue weighted by molar-refractivity contribution is -0.130. The third kappa shape index (κ3) is 6.46. The van der Waals surface area contributed by atoms with Crippen molar-refractivity contribution in [1.82, 2.24) is 9.80 Å². The number of rotatable bonds is 11. The second-order valence-electron chi connectivity index (χ2n) is 8.77. The van der Waals surface area contributed by atoms with E-state index in [2.05, 4.69) is 5.32 Å². The Hall–Kier alpha value is -3.91. The van der Waals surface area contributed by atoms with Crippen LogP contribution in [0.2, 0.25) is 0 Å². The smallest absolute Gasteiger partial charge is 0.252 e. The second kappa shape index (κ2) is 12.4. The number of thiocarbonyl (C=S) groups is 1. The van der Waals surface area contributed by atoms with Gasteiger partial charge in [-0.25, -0.2) is 0 Å². The molecule has 0 spiro atoms. The summed E-state index contributed by atoms with van der Waals surface area (Å²) >= 11 is 5.77. The molecule has 8 heteroatoms. The van der Waals surface area contributed by atoms with Crippen LogP contribution in [0.5, 0.6) is 11.5 Å². The Morgan fingerprint density at radius 3 is 2.19 bits per heavy atom. The van der Waals surface area contributed by atoms with Crippen LogP contribution >= 0.6 is 12.2 Å². The molecule has 1 fully saturated rings. The summed E-state index contributed by atoms with van der Waals surface area (Å²) in [4.78, 5) is 29.9. The molecule has 1 N–H and O–H groups in total. The first-order chi connectivity index (χ1) is 18.0. The average Bonchev–Trinajstić information content (AvgIpc) is 3.14. The molecule has 192 valence electrons. The van der Waals surface area contributed by atoms with Gasteiger partial charge in [-0.05, 0) is 60.5 Å². The van der Waals surface area contributed by atoms with Gasteiger partial charge in [-0.2, -0.15) is 0 Å². The highest BCUT2D eigenvalue weighted by atomic mass is 32.1. The van der Waals surface area contributed by atoms with Gasteiger partial charge in [0.25, 0.3) is 5.91 Å². The third-order valence-electron chi connectivity index (χ3n) is 6.40. The van der Waals surface area contributed by atoms with Crippen LogP contribution in [0.3, 0.4) is 0 Å². The van der Waals surface area contributed by atoms with Crippen LogP contribution in [0.1, 0.15) is 17.5 Å². The number of amides is 2. The highest BCUT2D eigenvalue weighted by Gasteiger charge is 2.42. The zero-order valence-corrected chi connectivity index (χ0v) is 21.9. The summed E-state index contributed by atoms with van der Waals surface area (Å²) in [6.07, 6.45) is 1.32. The van der Waals surface area contributed by atoms with Gasteiger partial charge in [0.15, 0.2) is 16.6 Å². The molecule has 4 rings (SSSR count). The predicted molar refractivity (Wildman–Crippen MR) is 148 cm³/mol. The number of nitrogens with zero attached hydrogens (tertiary/aromatic N) is 2. The van der Waals surface area contributed by atoms with Crippen molar-refractivity contribution in [2.75, 3.05) is 32.6 Å². The van der Waals surface area contributed by atoms with E-state index in [-0.39, 0.29) is 18.2 Å². The molecule has 37 heavy (non-hydrogen) atoms. The van der Waals surface area contributed by atoms with E-state index in [1.165, 1.54) is 0 Å². The molecule has 1 aliphatic rings. The van der Waals surface area contributed by atoms with Crippen LogP contribution in [-0.4, -0.2) is 60.1 Å². The second-order valence-corrected chi connectivity index (χ2v) is 9.14. The van der Waals surface area contributed by atoms with Crippen LogP contribution in [-0.2, 0) is 22.4 Å². The maximum Gasteiger partial charge on any atom is 0.252 e. The largest absolute Gasteiger partial charge is 0.493 e. The molecule has 1 heterocycles. The van der Waals surface area contributed by atoms with Crippen LogP contribution in [0.4, 0.5) is 5.69 Å². The Labute approximate surface area is 223 Å². The van der Waals surface area contributed by atoms with E-state index >= 15 is 0 Å². The van der Waals surface area contributed by atoms with Crippen LogP contribution in [0, 0.1) is 0 Å². The molecule has 0 radical (unpaired) electrons. The maximum atomic E-state index is 13.5. The summed E-state index contributed by atoms with van der Waals surface area (Å²) in [6, 6.07) is 24.3. The molecule has 3 aromatic carbocycles. The summed E-state index contributed by atoms with van der Waals surface area (Å²) < 4.78 is 10.8. The van der Waals surface area contributed by atoms with Gasteiger partial charge < -0.3 is 19.7 Å². The molecule has 2 amide bonds. The first-order valence-electron chi connectivity index (χ1n) is 12.2. The molecule has 1 aliphatic heterocycles. The number of hydrogen-bond donors (Lipinski definition) is 1. The standard InChI is InChI=1S/C29H31N3O4S/c1-35-25-14-13-22(19-26(25)36-2)16-17-31-24(20-27(33)30-23-11-7-4-8-12-23)28(34)32(29(31)37)18-15-21-9-5-3-6-10-21/h3-14,19,24H,15-18,20H2,1-2H3,(H,30,33)/t24-/m1/s1.